The molecule has 0 fully saturated rings. The van der Waals surface area contributed by atoms with Gasteiger partial charge in [-0.3, -0.25) is 4.90 Å². The van der Waals surface area contributed by atoms with Gasteiger partial charge in [-0.1, -0.05) is 59.6 Å². The van der Waals surface area contributed by atoms with Crippen LogP contribution in [0.2, 0.25) is 5.02 Å². The molecule has 1 N–H and O–H groups in total. The third kappa shape index (κ3) is 4.29. The molecule has 2 aromatic carbocycles. The standard InChI is InChI=1S/C26H31ClN2/c1-4-25(22-10-5-6-11-24(22)27)28-26-17-29(15-14-19(26)3)21-13-12-20-9-7-8-18(2)23(20)16-21/h4-11,21,28H,12-17H2,1-3H3/b25-4-. The van der Waals surface area contributed by atoms with E-state index in [2.05, 4.69) is 61.3 Å². The van der Waals surface area contributed by atoms with Crippen molar-refractivity contribution in [1.82, 2.24) is 10.2 Å². The molecule has 0 radical (unpaired) electrons. The first-order chi connectivity index (χ1) is 14.1. The largest absolute Gasteiger partial charge is 0.358 e. The van der Waals surface area contributed by atoms with Gasteiger partial charge in [0, 0.05) is 41.1 Å². The maximum absolute atomic E-state index is 6.46. The summed E-state index contributed by atoms with van der Waals surface area (Å²) in [5, 5.41) is 4.52. The van der Waals surface area contributed by atoms with E-state index < -0.39 is 0 Å². The van der Waals surface area contributed by atoms with E-state index in [1.165, 1.54) is 36.1 Å². The first-order valence-electron chi connectivity index (χ1n) is 10.7. The van der Waals surface area contributed by atoms with Crippen LogP contribution in [0.4, 0.5) is 0 Å². The van der Waals surface area contributed by atoms with Gasteiger partial charge in [-0.2, -0.15) is 0 Å². The van der Waals surface area contributed by atoms with Gasteiger partial charge >= 0.3 is 0 Å². The predicted octanol–water partition coefficient (Wildman–Crippen LogP) is 6.14. The Morgan fingerprint density at radius 3 is 2.72 bits per heavy atom. The van der Waals surface area contributed by atoms with Gasteiger partial charge in [0.1, 0.15) is 0 Å². The molecule has 0 amide bonds. The van der Waals surface area contributed by atoms with Crippen molar-refractivity contribution in [3.63, 3.8) is 0 Å². The Morgan fingerprint density at radius 1 is 1.10 bits per heavy atom. The lowest BCUT2D eigenvalue weighted by Gasteiger charge is -2.39. The number of benzene rings is 2. The second kappa shape index (κ2) is 8.77. The van der Waals surface area contributed by atoms with Gasteiger partial charge in [0.25, 0.3) is 0 Å². The molecule has 2 nitrogen and oxygen atoms in total. The highest BCUT2D eigenvalue weighted by Crippen LogP contribution is 2.30. The summed E-state index contributed by atoms with van der Waals surface area (Å²) in [6.45, 7) is 8.74. The Morgan fingerprint density at radius 2 is 1.93 bits per heavy atom. The molecule has 1 aliphatic heterocycles. The highest BCUT2D eigenvalue weighted by molar-refractivity contribution is 6.32. The van der Waals surface area contributed by atoms with Crippen LogP contribution in [0.3, 0.4) is 0 Å². The van der Waals surface area contributed by atoms with Crippen LogP contribution in [0, 0.1) is 6.92 Å². The van der Waals surface area contributed by atoms with Crippen molar-refractivity contribution in [2.24, 2.45) is 0 Å². The van der Waals surface area contributed by atoms with Crippen molar-refractivity contribution in [3.05, 3.63) is 87.1 Å². The van der Waals surface area contributed by atoms with Crippen molar-refractivity contribution in [2.45, 2.75) is 52.5 Å². The van der Waals surface area contributed by atoms with Crippen LogP contribution in [0.1, 0.15) is 48.9 Å². The maximum atomic E-state index is 6.46. The number of halogens is 1. The molecule has 1 atom stereocenters. The number of hydrogen-bond donors (Lipinski definition) is 1. The van der Waals surface area contributed by atoms with E-state index in [1.807, 2.05) is 18.2 Å². The SMILES string of the molecule is C/C=C(\NC1=C(C)CCN(C2CCc3cccc(C)c3C2)C1)c1ccccc1Cl. The van der Waals surface area contributed by atoms with Crippen molar-refractivity contribution < 1.29 is 0 Å². The van der Waals surface area contributed by atoms with Gasteiger partial charge < -0.3 is 5.32 Å². The second-order valence-electron chi connectivity index (χ2n) is 8.40. The zero-order valence-corrected chi connectivity index (χ0v) is 18.5. The smallest absolute Gasteiger partial charge is 0.0499 e. The van der Waals surface area contributed by atoms with Gasteiger partial charge in [-0.15, -0.1) is 0 Å². The van der Waals surface area contributed by atoms with E-state index in [4.69, 9.17) is 11.6 Å². The van der Waals surface area contributed by atoms with Crippen LogP contribution in [-0.4, -0.2) is 24.0 Å². The van der Waals surface area contributed by atoms with Gasteiger partial charge in [-0.05, 0) is 69.2 Å². The molecule has 1 aliphatic carbocycles. The molecule has 0 bridgehead atoms. The number of aryl methyl sites for hydroxylation is 2. The van der Waals surface area contributed by atoms with Gasteiger partial charge in [0.15, 0.2) is 0 Å². The summed E-state index contributed by atoms with van der Waals surface area (Å²) >= 11 is 6.46. The van der Waals surface area contributed by atoms with Gasteiger partial charge in [0.05, 0.1) is 0 Å². The highest BCUT2D eigenvalue weighted by atomic mass is 35.5. The lowest BCUT2D eigenvalue weighted by molar-refractivity contribution is 0.185. The average Bonchev–Trinajstić information content (AvgIpc) is 2.74. The minimum atomic E-state index is 0.628. The summed E-state index contributed by atoms with van der Waals surface area (Å²) in [6.07, 6.45) is 6.88. The summed E-state index contributed by atoms with van der Waals surface area (Å²) in [5.41, 5.74) is 9.53. The Balaban J connectivity index is 1.50. The fourth-order valence-corrected chi connectivity index (χ4v) is 4.97. The molecular weight excluding hydrogens is 376 g/mol. The van der Waals surface area contributed by atoms with Crippen LogP contribution >= 0.6 is 11.6 Å². The number of nitrogens with one attached hydrogen (secondary N) is 1. The zero-order valence-electron chi connectivity index (χ0n) is 17.8. The normalized spacial score (nSPS) is 20.6. The minimum Gasteiger partial charge on any atom is -0.358 e. The van der Waals surface area contributed by atoms with Crippen LogP contribution in [0.25, 0.3) is 5.70 Å². The number of allylic oxidation sites excluding steroid dienone is 1. The molecule has 3 heteroatoms. The van der Waals surface area contributed by atoms with Gasteiger partial charge in [-0.25, -0.2) is 0 Å². The maximum Gasteiger partial charge on any atom is 0.0499 e. The Kier molecular flexibility index (Phi) is 6.12. The van der Waals surface area contributed by atoms with E-state index in [0.717, 1.165) is 35.8 Å². The topological polar surface area (TPSA) is 15.3 Å². The first-order valence-corrected chi connectivity index (χ1v) is 11.1. The lowest BCUT2D eigenvalue weighted by Crippen LogP contribution is -2.45. The molecule has 0 saturated carbocycles. The Labute approximate surface area is 180 Å². The van der Waals surface area contributed by atoms with Crippen LogP contribution < -0.4 is 5.32 Å². The summed E-state index contributed by atoms with van der Waals surface area (Å²) in [7, 11) is 0. The monoisotopic (exact) mass is 406 g/mol. The third-order valence-corrected chi connectivity index (χ3v) is 6.93. The Hall–Kier alpha value is -2.03. The van der Waals surface area contributed by atoms with Crippen molar-refractivity contribution in [1.29, 1.82) is 0 Å². The Bertz CT molecular complexity index is 957. The molecule has 152 valence electrons. The molecule has 2 aromatic rings. The molecule has 0 aromatic heterocycles. The minimum absolute atomic E-state index is 0.628. The van der Waals surface area contributed by atoms with E-state index in [9.17, 15) is 0 Å². The molecule has 2 aliphatic rings. The van der Waals surface area contributed by atoms with Crippen LogP contribution in [-0.2, 0) is 12.8 Å². The zero-order chi connectivity index (χ0) is 20.4. The quantitative estimate of drug-likeness (QED) is 0.656. The number of rotatable bonds is 4. The summed E-state index contributed by atoms with van der Waals surface area (Å²) in [6, 6.07) is 15.5. The molecule has 4 rings (SSSR count). The van der Waals surface area contributed by atoms with Crippen LogP contribution in [0.5, 0.6) is 0 Å². The van der Waals surface area contributed by atoms with E-state index in [-0.39, 0.29) is 0 Å². The number of fused-ring (bicyclic) bond motifs is 1. The highest BCUT2D eigenvalue weighted by Gasteiger charge is 2.28. The van der Waals surface area contributed by atoms with Crippen molar-refractivity contribution in [3.8, 4) is 0 Å². The van der Waals surface area contributed by atoms with Crippen LogP contribution in [0.15, 0.2) is 59.8 Å². The van der Waals surface area contributed by atoms with E-state index in [0.29, 0.717) is 6.04 Å². The van der Waals surface area contributed by atoms with E-state index in [1.54, 1.807) is 11.1 Å². The molecule has 29 heavy (non-hydrogen) atoms. The fraction of sp³-hybridized carbons (Fsp3) is 0.385. The summed E-state index contributed by atoms with van der Waals surface area (Å²) in [4.78, 5) is 2.69. The number of nitrogens with zero attached hydrogens (tertiary/aromatic N) is 1. The van der Waals surface area contributed by atoms with Gasteiger partial charge in [0.2, 0.25) is 0 Å². The van der Waals surface area contributed by atoms with E-state index >= 15 is 0 Å². The van der Waals surface area contributed by atoms with Crippen molar-refractivity contribution in [2.75, 3.05) is 13.1 Å². The molecule has 0 saturated heterocycles. The number of hydrogen-bond acceptors (Lipinski definition) is 2. The van der Waals surface area contributed by atoms with Crippen molar-refractivity contribution >= 4 is 17.3 Å². The third-order valence-electron chi connectivity index (χ3n) is 6.60. The fourth-order valence-electron chi connectivity index (χ4n) is 4.74. The predicted molar refractivity (Wildman–Crippen MR) is 124 cm³/mol. The summed E-state index contributed by atoms with van der Waals surface area (Å²) < 4.78 is 0. The molecular formula is C26H31ClN2. The second-order valence-corrected chi connectivity index (χ2v) is 8.80. The molecule has 1 heterocycles. The average molecular weight is 407 g/mol. The first kappa shape index (κ1) is 20.3. The molecule has 1 unspecified atom stereocenters. The lowest BCUT2D eigenvalue weighted by atomic mass is 9.84. The molecule has 0 spiro atoms. The summed E-state index contributed by atoms with van der Waals surface area (Å²) in [5.74, 6) is 0.